The Morgan fingerprint density at radius 3 is 2.40 bits per heavy atom. The predicted molar refractivity (Wildman–Crippen MR) is 80.5 cm³/mol. The summed E-state index contributed by atoms with van der Waals surface area (Å²) in [5, 5.41) is 2.75. The number of benzene rings is 1. The monoisotopic (exact) mass is 277 g/mol. The van der Waals surface area contributed by atoms with Gasteiger partial charge in [-0.3, -0.25) is 9.59 Å². The van der Waals surface area contributed by atoms with Crippen LogP contribution in [0.25, 0.3) is 0 Å². The minimum Gasteiger partial charge on any atom is -0.399 e. The lowest BCUT2D eigenvalue weighted by atomic mass is 10.1. The van der Waals surface area contributed by atoms with Gasteiger partial charge >= 0.3 is 0 Å². The minimum atomic E-state index is -0.201. The zero-order valence-electron chi connectivity index (χ0n) is 12.4. The van der Waals surface area contributed by atoms with Crippen LogP contribution in [0.5, 0.6) is 0 Å². The zero-order chi connectivity index (χ0) is 15.1. The highest BCUT2D eigenvalue weighted by atomic mass is 16.2. The maximum absolute atomic E-state index is 11.9. The van der Waals surface area contributed by atoms with Gasteiger partial charge < -0.3 is 16.0 Å². The van der Waals surface area contributed by atoms with Crippen LogP contribution >= 0.6 is 0 Å². The van der Waals surface area contributed by atoms with Crippen LogP contribution in [0.4, 0.5) is 5.69 Å². The number of anilines is 1. The van der Waals surface area contributed by atoms with E-state index in [9.17, 15) is 9.59 Å². The average Bonchev–Trinajstić information content (AvgIpc) is 2.38. The third kappa shape index (κ3) is 4.57. The normalized spacial score (nSPS) is 10.2. The van der Waals surface area contributed by atoms with Crippen LogP contribution in [0.1, 0.15) is 36.2 Å². The number of hydrogen-bond donors (Lipinski definition) is 2. The van der Waals surface area contributed by atoms with E-state index in [1.165, 1.54) is 0 Å². The summed E-state index contributed by atoms with van der Waals surface area (Å²) in [5.41, 5.74) is 7.74. The topological polar surface area (TPSA) is 75.4 Å². The largest absolute Gasteiger partial charge is 0.399 e. The summed E-state index contributed by atoms with van der Waals surface area (Å²) in [6, 6.07) is 5.22. The molecule has 3 N–H and O–H groups in total. The maximum Gasteiger partial charge on any atom is 0.251 e. The van der Waals surface area contributed by atoms with Crippen LogP contribution in [-0.2, 0) is 4.79 Å². The first-order valence-corrected chi connectivity index (χ1v) is 6.91. The lowest BCUT2D eigenvalue weighted by molar-refractivity contribution is -0.130. The Kier molecular flexibility index (Phi) is 6.03. The molecule has 0 fully saturated rings. The molecular weight excluding hydrogens is 254 g/mol. The number of nitrogens with zero attached hydrogens (tertiary/aromatic N) is 1. The molecule has 0 saturated carbocycles. The molecule has 0 radical (unpaired) electrons. The molecule has 0 aliphatic heterocycles. The number of hydrogen-bond acceptors (Lipinski definition) is 3. The quantitative estimate of drug-likeness (QED) is 0.775. The molecule has 0 unspecified atom stereocenters. The third-order valence-electron chi connectivity index (χ3n) is 3.10. The molecule has 0 aromatic heterocycles. The van der Waals surface area contributed by atoms with E-state index in [2.05, 4.69) is 5.32 Å². The second kappa shape index (κ2) is 7.53. The van der Waals surface area contributed by atoms with Gasteiger partial charge in [0.05, 0.1) is 0 Å². The van der Waals surface area contributed by atoms with Gasteiger partial charge in [0.2, 0.25) is 5.91 Å². The van der Waals surface area contributed by atoms with Crippen LogP contribution in [0, 0.1) is 6.92 Å². The lowest BCUT2D eigenvalue weighted by Crippen LogP contribution is -2.34. The Hall–Kier alpha value is -2.04. The number of aryl methyl sites for hydroxylation is 1. The Balaban J connectivity index is 2.49. The highest BCUT2D eigenvalue weighted by Crippen LogP contribution is 2.11. The number of amides is 2. The van der Waals surface area contributed by atoms with Crippen molar-refractivity contribution in [3.8, 4) is 0 Å². The zero-order valence-corrected chi connectivity index (χ0v) is 12.4. The first kappa shape index (κ1) is 16.0. The molecule has 0 heterocycles. The molecule has 1 aromatic carbocycles. The van der Waals surface area contributed by atoms with E-state index in [4.69, 9.17) is 5.73 Å². The molecule has 110 valence electrons. The highest BCUT2D eigenvalue weighted by molar-refractivity contribution is 5.95. The van der Waals surface area contributed by atoms with Gasteiger partial charge in [0.1, 0.15) is 0 Å². The van der Waals surface area contributed by atoms with E-state index in [1.54, 1.807) is 23.1 Å². The van der Waals surface area contributed by atoms with Gasteiger partial charge in [-0.05, 0) is 44.5 Å². The Bertz CT molecular complexity index is 462. The summed E-state index contributed by atoms with van der Waals surface area (Å²) >= 11 is 0. The SMILES string of the molecule is CCN(CC)C(=O)CCNC(=O)c1cc(C)cc(N)c1. The van der Waals surface area contributed by atoms with Crippen LogP contribution in [0.15, 0.2) is 18.2 Å². The van der Waals surface area contributed by atoms with Crippen molar-refractivity contribution in [1.29, 1.82) is 0 Å². The van der Waals surface area contributed by atoms with Crippen LogP contribution in [0.3, 0.4) is 0 Å². The van der Waals surface area contributed by atoms with E-state index in [0.29, 0.717) is 37.3 Å². The van der Waals surface area contributed by atoms with Crippen molar-refractivity contribution in [1.82, 2.24) is 10.2 Å². The van der Waals surface area contributed by atoms with Gasteiger partial charge in [-0.2, -0.15) is 0 Å². The number of carbonyl (C=O) groups is 2. The fraction of sp³-hybridized carbons (Fsp3) is 0.467. The number of nitrogens with two attached hydrogens (primary N) is 1. The van der Waals surface area contributed by atoms with Gasteiger partial charge in [0, 0.05) is 37.3 Å². The van der Waals surface area contributed by atoms with Crippen LogP contribution in [-0.4, -0.2) is 36.3 Å². The van der Waals surface area contributed by atoms with E-state index in [0.717, 1.165) is 5.56 Å². The molecule has 1 aromatic rings. The van der Waals surface area contributed by atoms with Gasteiger partial charge in [-0.25, -0.2) is 0 Å². The van der Waals surface area contributed by atoms with Gasteiger partial charge in [-0.1, -0.05) is 0 Å². The second-order valence-corrected chi connectivity index (χ2v) is 4.70. The first-order valence-electron chi connectivity index (χ1n) is 6.91. The van der Waals surface area contributed by atoms with Crippen molar-refractivity contribution < 1.29 is 9.59 Å². The molecule has 0 atom stereocenters. The molecule has 20 heavy (non-hydrogen) atoms. The summed E-state index contributed by atoms with van der Waals surface area (Å²) < 4.78 is 0. The number of carbonyl (C=O) groups excluding carboxylic acids is 2. The first-order chi connectivity index (χ1) is 9.47. The highest BCUT2D eigenvalue weighted by Gasteiger charge is 2.11. The molecule has 5 heteroatoms. The van der Waals surface area contributed by atoms with E-state index < -0.39 is 0 Å². The van der Waals surface area contributed by atoms with Crippen molar-refractivity contribution >= 4 is 17.5 Å². The Morgan fingerprint density at radius 2 is 1.85 bits per heavy atom. The molecule has 0 aliphatic rings. The van der Waals surface area contributed by atoms with Crippen LogP contribution in [0.2, 0.25) is 0 Å². The van der Waals surface area contributed by atoms with E-state index >= 15 is 0 Å². The van der Waals surface area contributed by atoms with Crippen molar-refractivity contribution in [2.75, 3.05) is 25.4 Å². The van der Waals surface area contributed by atoms with Crippen molar-refractivity contribution in [3.63, 3.8) is 0 Å². The van der Waals surface area contributed by atoms with Gasteiger partial charge in [0.15, 0.2) is 0 Å². The smallest absolute Gasteiger partial charge is 0.251 e. The molecular formula is C15H23N3O2. The third-order valence-corrected chi connectivity index (χ3v) is 3.10. The second-order valence-electron chi connectivity index (χ2n) is 4.70. The molecule has 0 spiro atoms. The number of rotatable bonds is 6. The van der Waals surface area contributed by atoms with Gasteiger partial charge in [0.25, 0.3) is 5.91 Å². The Morgan fingerprint density at radius 1 is 1.20 bits per heavy atom. The predicted octanol–water partition coefficient (Wildman–Crippen LogP) is 1.57. The van der Waals surface area contributed by atoms with Crippen LogP contribution < -0.4 is 11.1 Å². The maximum atomic E-state index is 11.9. The lowest BCUT2D eigenvalue weighted by Gasteiger charge is -2.18. The van der Waals surface area contributed by atoms with E-state index in [1.807, 2.05) is 20.8 Å². The van der Waals surface area contributed by atoms with Gasteiger partial charge in [-0.15, -0.1) is 0 Å². The number of nitrogens with one attached hydrogen (secondary N) is 1. The average molecular weight is 277 g/mol. The molecule has 2 amide bonds. The molecule has 0 aliphatic carbocycles. The standard InChI is InChI=1S/C15H23N3O2/c1-4-18(5-2)14(19)6-7-17-15(20)12-8-11(3)9-13(16)10-12/h8-10H,4-7,16H2,1-3H3,(H,17,20). The summed E-state index contributed by atoms with van der Waals surface area (Å²) in [7, 11) is 0. The summed E-state index contributed by atoms with van der Waals surface area (Å²) in [5.74, 6) is -0.146. The summed E-state index contributed by atoms with van der Waals surface area (Å²) in [6.07, 6.45) is 0.314. The van der Waals surface area contributed by atoms with Crippen molar-refractivity contribution in [3.05, 3.63) is 29.3 Å². The number of nitrogen functional groups attached to an aromatic ring is 1. The van der Waals surface area contributed by atoms with E-state index in [-0.39, 0.29) is 11.8 Å². The molecule has 5 nitrogen and oxygen atoms in total. The fourth-order valence-corrected chi connectivity index (χ4v) is 2.06. The molecule has 0 bridgehead atoms. The van der Waals surface area contributed by atoms with Crippen molar-refractivity contribution in [2.24, 2.45) is 0 Å². The Labute approximate surface area is 120 Å². The fourth-order valence-electron chi connectivity index (χ4n) is 2.06. The summed E-state index contributed by atoms with van der Waals surface area (Å²) in [6.45, 7) is 7.49. The van der Waals surface area contributed by atoms with Crippen molar-refractivity contribution in [2.45, 2.75) is 27.2 Å². The summed E-state index contributed by atoms with van der Waals surface area (Å²) in [4.78, 5) is 25.5. The minimum absolute atomic E-state index is 0.0547. The molecule has 0 saturated heterocycles. The molecule has 1 rings (SSSR count).